The van der Waals surface area contributed by atoms with E-state index in [1.54, 1.807) is 17.4 Å². The monoisotopic (exact) mass is 330 g/mol. The van der Waals surface area contributed by atoms with Gasteiger partial charge >= 0.3 is 0 Å². The third-order valence-electron chi connectivity index (χ3n) is 3.10. The number of nitrogens with zero attached hydrogens (tertiary/aromatic N) is 2. The summed E-state index contributed by atoms with van der Waals surface area (Å²) in [6, 6.07) is 4.83. The molecule has 1 amide bonds. The predicted molar refractivity (Wildman–Crippen MR) is 87.2 cm³/mol. The number of nitrogen functional groups attached to an aromatic ring is 1. The number of nitrogens with two attached hydrogens (primary N) is 1. The van der Waals surface area contributed by atoms with Crippen LogP contribution < -0.4 is 16.6 Å². The summed E-state index contributed by atoms with van der Waals surface area (Å²) in [7, 11) is 0. The highest BCUT2D eigenvalue weighted by Gasteiger charge is 2.11. The first-order valence-electron chi connectivity index (χ1n) is 6.84. The minimum atomic E-state index is -0.312. The second-order valence-electron chi connectivity index (χ2n) is 4.80. The lowest BCUT2D eigenvalue weighted by molar-refractivity contribution is 0.0949. The number of H-pyrrole nitrogens is 2. The van der Waals surface area contributed by atoms with Gasteiger partial charge in [-0.2, -0.15) is 16.4 Å². The van der Waals surface area contributed by atoms with Crippen molar-refractivity contribution in [2.24, 2.45) is 0 Å². The normalized spacial score (nSPS) is 10.6. The molecule has 0 aliphatic heterocycles. The minimum absolute atomic E-state index is 0.157. The van der Waals surface area contributed by atoms with Gasteiger partial charge in [0.05, 0.1) is 5.69 Å². The molecule has 3 aromatic rings. The van der Waals surface area contributed by atoms with Crippen LogP contribution in [0, 0.1) is 0 Å². The lowest BCUT2D eigenvalue weighted by Gasteiger charge is -2.03. The number of carbonyl (C=O) groups is 1. The fourth-order valence-electron chi connectivity index (χ4n) is 2.03. The Balaban J connectivity index is 1.58. The Hall–Kier alpha value is -2.94. The van der Waals surface area contributed by atoms with E-state index < -0.39 is 0 Å². The van der Waals surface area contributed by atoms with Gasteiger partial charge in [0.15, 0.2) is 0 Å². The van der Waals surface area contributed by atoms with E-state index in [1.807, 2.05) is 16.8 Å². The van der Waals surface area contributed by atoms with Gasteiger partial charge in [0.2, 0.25) is 0 Å². The second kappa shape index (κ2) is 6.44. The summed E-state index contributed by atoms with van der Waals surface area (Å²) in [6.45, 7) is 0.317. The van der Waals surface area contributed by atoms with Crippen LogP contribution in [0.25, 0.3) is 11.3 Å². The number of hydrogen-bond donors (Lipinski definition) is 4. The molecule has 3 heterocycles. The van der Waals surface area contributed by atoms with Gasteiger partial charge in [-0.3, -0.25) is 14.7 Å². The maximum atomic E-state index is 12.1. The summed E-state index contributed by atoms with van der Waals surface area (Å²) in [5, 5.41) is 13.5. The number of hydrogen-bond acceptors (Lipinski definition) is 6. The summed E-state index contributed by atoms with van der Waals surface area (Å²) < 4.78 is 0. The highest BCUT2D eigenvalue weighted by atomic mass is 32.1. The highest BCUT2D eigenvalue weighted by molar-refractivity contribution is 7.08. The zero-order chi connectivity index (χ0) is 16.2. The standard InChI is InChI=1S/C14H14N6O2S/c15-11-6-13(21)18-12(17-11)1-3-16-14(22)10-5-9(19-20-10)8-2-4-23-7-8/h2,4-7H,1,3H2,(H,16,22)(H,19,20)(H3,15,17,18,21). The molecule has 0 saturated carbocycles. The zero-order valence-corrected chi connectivity index (χ0v) is 12.8. The third-order valence-corrected chi connectivity index (χ3v) is 3.78. The smallest absolute Gasteiger partial charge is 0.269 e. The third kappa shape index (κ3) is 3.64. The van der Waals surface area contributed by atoms with Crippen molar-refractivity contribution in [1.82, 2.24) is 25.5 Å². The first-order chi connectivity index (χ1) is 11.1. The van der Waals surface area contributed by atoms with E-state index in [-0.39, 0.29) is 17.3 Å². The minimum Gasteiger partial charge on any atom is -0.383 e. The number of rotatable bonds is 5. The molecule has 3 aromatic heterocycles. The maximum Gasteiger partial charge on any atom is 0.269 e. The van der Waals surface area contributed by atoms with Gasteiger partial charge in [-0.15, -0.1) is 0 Å². The molecular weight excluding hydrogens is 316 g/mol. The summed E-state index contributed by atoms with van der Waals surface area (Å²) in [4.78, 5) is 29.9. The molecule has 118 valence electrons. The van der Waals surface area contributed by atoms with E-state index in [0.717, 1.165) is 11.3 Å². The van der Waals surface area contributed by atoms with Crippen LogP contribution in [0.2, 0.25) is 0 Å². The van der Waals surface area contributed by atoms with Gasteiger partial charge in [0, 0.05) is 30.0 Å². The van der Waals surface area contributed by atoms with Crippen molar-refractivity contribution in [1.29, 1.82) is 0 Å². The Morgan fingerprint density at radius 1 is 1.39 bits per heavy atom. The zero-order valence-electron chi connectivity index (χ0n) is 12.0. The molecule has 0 aliphatic rings. The molecule has 3 rings (SSSR count). The lowest BCUT2D eigenvalue weighted by atomic mass is 10.2. The molecule has 0 unspecified atom stereocenters. The van der Waals surface area contributed by atoms with Crippen LogP contribution in [-0.4, -0.2) is 32.6 Å². The van der Waals surface area contributed by atoms with Crippen molar-refractivity contribution in [2.45, 2.75) is 6.42 Å². The summed E-state index contributed by atoms with van der Waals surface area (Å²) in [5.41, 5.74) is 7.25. The molecule has 23 heavy (non-hydrogen) atoms. The van der Waals surface area contributed by atoms with Gasteiger partial charge in [-0.05, 0) is 17.5 Å². The second-order valence-corrected chi connectivity index (χ2v) is 5.58. The van der Waals surface area contributed by atoms with Crippen molar-refractivity contribution in [3.05, 3.63) is 50.8 Å². The molecular formula is C14H14N6O2S. The van der Waals surface area contributed by atoms with Crippen LogP contribution in [0.1, 0.15) is 16.3 Å². The Morgan fingerprint density at radius 2 is 2.26 bits per heavy atom. The molecule has 0 aromatic carbocycles. The molecule has 0 bridgehead atoms. The molecule has 0 radical (unpaired) electrons. The SMILES string of the molecule is Nc1cc(=O)[nH]c(CCNC(=O)c2cc(-c3ccsc3)n[nH]2)n1. The first kappa shape index (κ1) is 15.0. The topological polar surface area (TPSA) is 130 Å². The van der Waals surface area contributed by atoms with E-state index in [4.69, 9.17) is 5.73 Å². The van der Waals surface area contributed by atoms with Crippen LogP contribution >= 0.6 is 11.3 Å². The van der Waals surface area contributed by atoms with Crippen LogP contribution in [0.15, 0.2) is 33.8 Å². The Bertz CT molecular complexity index is 868. The fraction of sp³-hybridized carbons (Fsp3) is 0.143. The molecule has 5 N–H and O–H groups in total. The quantitative estimate of drug-likeness (QED) is 0.549. The molecule has 0 atom stereocenters. The molecule has 0 saturated heterocycles. The molecule has 8 nitrogen and oxygen atoms in total. The van der Waals surface area contributed by atoms with Crippen molar-refractivity contribution >= 4 is 23.1 Å². The number of aromatic nitrogens is 4. The maximum absolute atomic E-state index is 12.1. The van der Waals surface area contributed by atoms with Crippen molar-refractivity contribution in [2.75, 3.05) is 12.3 Å². The number of anilines is 1. The van der Waals surface area contributed by atoms with Crippen LogP contribution in [0.4, 0.5) is 5.82 Å². The summed E-state index contributed by atoms with van der Waals surface area (Å²) in [5.74, 6) is 0.313. The van der Waals surface area contributed by atoms with Crippen molar-refractivity contribution in [3.8, 4) is 11.3 Å². The number of carbonyl (C=O) groups excluding carboxylic acids is 1. The highest BCUT2D eigenvalue weighted by Crippen LogP contribution is 2.20. The van der Waals surface area contributed by atoms with E-state index in [0.29, 0.717) is 24.5 Å². The Morgan fingerprint density at radius 3 is 3.00 bits per heavy atom. The van der Waals surface area contributed by atoms with E-state index in [2.05, 4.69) is 25.5 Å². The van der Waals surface area contributed by atoms with E-state index in [9.17, 15) is 9.59 Å². The Kier molecular flexibility index (Phi) is 4.20. The van der Waals surface area contributed by atoms with Crippen LogP contribution in [-0.2, 0) is 6.42 Å². The molecule has 0 spiro atoms. The van der Waals surface area contributed by atoms with Gasteiger partial charge in [-0.1, -0.05) is 0 Å². The predicted octanol–water partition coefficient (Wildman–Crippen LogP) is 0.776. The van der Waals surface area contributed by atoms with E-state index >= 15 is 0 Å². The van der Waals surface area contributed by atoms with E-state index in [1.165, 1.54) is 6.07 Å². The average Bonchev–Trinajstić information content (AvgIpc) is 3.17. The first-order valence-corrected chi connectivity index (χ1v) is 7.78. The van der Waals surface area contributed by atoms with Gasteiger partial charge in [-0.25, -0.2) is 4.98 Å². The van der Waals surface area contributed by atoms with Crippen molar-refractivity contribution in [3.63, 3.8) is 0 Å². The summed E-state index contributed by atoms with van der Waals surface area (Å²) >= 11 is 1.57. The lowest BCUT2D eigenvalue weighted by Crippen LogP contribution is -2.27. The average molecular weight is 330 g/mol. The fourth-order valence-corrected chi connectivity index (χ4v) is 2.68. The molecule has 0 fully saturated rings. The van der Waals surface area contributed by atoms with Crippen molar-refractivity contribution < 1.29 is 4.79 Å². The molecule has 9 heteroatoms. The Labute approximate surface area is 134 Å². The molecule has 0 aliphatic carbocycles. The van der Waals surface area contributed by atoms with Gasteiger partial charge in [0.25, 0.3) is 11.5 Å². The van der Waals surface area contributed by atoms with Crippen LogP contribution in [0.5, 0.6) is 0 Å². The van der Waals surface area contributed by atoms with Crippen LogP contribution in [0.3, 0.4) is 0 Å². The number of aromatic amines is 2. The number of nitrogens with one attached hydrogen (secondary N) is 3. The van der Waals surface area contributed by atoms with Gasteiger partial charge in [0.1, 0.15) is 17.3 Å². The number of amides is 1. The van der Waals surface area contributed by atoms with Gasteiger partial charge < -0.3 is 16.0 Å². The largest absolute Gasteiger partial charge is 0.383 e. The number of thiophene rings is 1. The summed E-state index contributed by atoms with van der Waals surface area (Å²) in [6.07, 6.45) is 0.373.